The monoisotopic (exact) mass is 469 g/mol. The molecule has 0 aliphatic carbocycles. The Hall–Kier alpha value is -2.78. The molecule has 2 aromatic heterocycles. The molecule has 1 aliphatic rings. The van der Waals surface area contributed by atoms with Crippen molar-refractivity contribution >= 4 is 33.2 Å². The first-order valence-corrected chi connectivity index (χ1v) is 11.9. The Labute approximate surface area is 197 Å². The average molecular weight is 470 g/mol. The van der Waals surface area contributed by atoms with Gasteiger partial charge in [-0.25, -0.2) is 4.98 Å². The minimum Gasteiger partial charge on any atom is -0.469 e. The number of para-hydroxylation sites is 1. The minimum atomic E-state index is -0.425. The van der Waals surface area contributed by atoms with E-state index in [1.54, 1.807) is 0 Å². The summed E-state index contributed by atoms with van der Waals surface area (Å²) in [6, 6.07) is 7.79. The van der Waals surface area contributed by atoms with Gasteiger partial charge in [0.1, 0.15) is 0 Å². The van der Waals surface area contributed by atoms with Crippen LogP contribution in [0.15, 0.2) is 34.1 Å². The van der Waals surface area contributed by atoms with E-state index in [2.05, 4.69) is 43.1 Å². The molecule has 0 atom stereocenters. The summed E-state index contributed by atoms with van der Waals surface area (Å²) in [4.78, 5) is 35.2. The lowest BCUT2D eigenvalue weighted by Crippen LogP contribution is -2.58. The van der Waals surface area contributed by atoms with Gasteiger partial charge in [0.25, 0.3) is 5.56 Å². The third-order valence-electron chi connectivity index (χ3n) is 5.89. The van der Waals surface area contributed by atoms with Crippen LogP contribution in [0.3, 0.4) is 0 Å². The molecule has 0 radical (unpaired) electrons. The fraction of sp³-hybridized carbons (Fsp3) is 0.500. The highest BCUT2D eigenvalue weighted by atomic mass is 32.1. The zero-order valence-electron chi connectivity index (χ0n) is 20.0. The predicted molar refractivity (Wildman–Crippen MR) is 132 cm³/mol. The maximum Gasteiger partial charge on any atom is 0.311 e. The Morgan fingerprint density at radius 1 is 1.24 bits per heavy atom. The van der Waals surface area contributed by atoms with Gasteiger partial charge < -0.3 is 10.1 Å². The standard InChI is InChI=1S/C24H31N5O3S/c1-14(25-15-12-23(2,3)28-24(4,5)13-15)20-17(11-19(30)32-6)27-29(21(20)31)22-26-16-9-7-8-10-18(16)33-22/h7-10,15,27-28H,11-13H2,1-6H3. The molecular weight excluding hydrogens is 438 g/mol. The lowest BCUT2D eigenvalue weighted by molar-refractivity contribution is -0.139. The van der Waals surface area contributed by atoms with E-state index >= 15 is 0 Å². The van der Waals surface area contributed by atoms with Gasteiger partial charge in [-0.15, -0.1) is 0 Å². The molecule has 176 valence electrons. The summed E-state index contributed by atoms with van der Waals surface area (Å²) in [5.41, 5.74) is 1.94. The number of H-pyrrole nitrogens is 1. The van der Waals surface area contributed by atoms with Crippen molar-refractivity contribution in [2.45, 2.75) is 71.0 Å². The van der Waals surface area contributed by atoms with Crippen molar-refractivity contribution in [3.63, 3.8) is 0 Å². The lowest BCUT2D eigenvalue weighted by Gasteiger charge is -2.45. The number of aromatic amines is 1. The van der Waals surface area contributed by atoms with Gasteiger partial charge in [-0.3, -0.25) is 19.7 Å². The molecule has 9 heteroatoms. The number of carbonyl (C=O) groups excluding carboxylic acids is 1. The third kappa shape index (κ3) is 4.94. The highest BCUT2D eigenvalue weighted by molar-refractivity contribution is 7.20. The summed E-state index contributed by atoms with van der Waals surface area (Å²) in [7, 11) is 1.34. The number of ether oxygens (including phenoxy) is 1. The lowest BCUT2D eigenvalue weighted by atomic mass is 9.80. The number of piperidine rings is 1. The molecule has 2 N–H and O–H groups in total. The zero-order chi connectivity index (χ0) is 24.0. The average Bonchev–Trinajstić information content (AvgIpc) is 3.26. The number of aliphatic imine (C=N–C) groups is 1. The number of methoxy groups -OCH3 is 1. The van der Waals surface area contributed by atoms with Crippen LogP contribution in [0.2, 0.25) is 0 Å². The van der Waals surface area contributed by atoms with Gasteiger partial charge in [0, 0.05) is 16.8 Å². The summed E-state index contributed by atoms with van der Waals surface area (Å²) in [5, 5.41) is 7.29. The number of rotatable bonds is 5. The Morgan fingerprint density at radius 3 is 2.55 bits per heavy atom. The van der Waals surface area contributed by atoms with Gasteiger partial charge in [-0.05, 0) is 59.6 Å². The van der Waals surface area contributed by atoms with Crippen molar-refractivity contribution in [2.75, 3.05) is 7.11 Å². The van der Waals surface area contributed by atoms with E-state index in [1.165, 1.54) is 23.1 Å². The molecule has 0 bridgehead atoms. The number of thiazole rings is 1. The van der Waals surface area contributed by atoms with Crippen molar-refractivity contribution in [1.29, 1.82) is 0 Å². The van der Waals surface area contributed by atoms with Gasteiger partial charge in [-0.2, -0.15) is 4.68 Å². The van der Waals surface area contributed by atoms with Crippen molar-refractivity contribution < 1.29 is 9.53 Å². The van der Waals surface area contributed by atoms with Crippen LogP contribution in [0, 0.1) is 0 Å². The largest absolute Gasteiger partial charge is 0.469 e. The van der Waals surface area contributed by atoms with Crippen LogP contribution in [-0.2, 0) is 16.0 Å². The van der Waals surface area contributed by atoms with Gasteiger partial charge in [0.15, 0.2) is 0 Å². The molecule has 1 saturated heterocycles. The summed E-state index contributed by atoms with van der Waals surface area (Å²) in [6.07, 6.45) is 1.67. The number of carbonyl (C=O) groups is 1. The second-order valence-electron chi connectivity index (χ2n) is 9.99. The SMILES string of the molecule is COC(=O)Cc1[nH]n(-c2nc3ccccc3s2)c(=O)c1C(C)=NC1CC(C)(C)NC(C)(C)C1. The normalized spacial score (nSPS) is 18.5. The molecule has 3 heterocycles. The fourth-order valence-corrected chi connectivity index (χ4v) is 5.91. The number of hydrogen-bond donors (Lipinski definition) is 2. The quantitative estimate of drug-likeness (QED) is 0.439. The third-order valence-corrected chi connectivity index (χ3v) is 6.92. The fourth-order valence-electron chi connectivity index (χ4n) is 4.99. The number of nitrogens with zero attached hydrogens (tertiary/aromatic N) is 3. The number of nitrogens with one attached hydrogen (secondary N) is 2. The van der Waals surface area contributed by atoms with Crippen LogP contribution in [0.5, 0.6) is 0 Å². The summed E-state index contributed by atoms with van der Waals surface area (Å²) in [6.45, 7) is 10.5. The molecule has 33 heavy (non-hydrogen) atoms. The van der Waals surface area contributed by atoms with Crippen molar-refractivity contribution in [1.82, 2.24) is 20.1 Å². The van der Waals surface area contributed by atoms with E-state index in [9.17, 15) is 9.59 Å². The van der Waals surface area contributed by atoms with E-state index < -0.39 is 5.97 Å². The Bertz CT molecular complexity index is 1230. The van der Waals surface area contributed by atoms with Crippen LogP contribution in [0.4, 0.5) is 0 Å². The predicted octanol–water partition coefficient (Wildman–Crippen LogP) is 3.61. The first kappa shape index (κ1) is 23.4. The first-order valence-electron chi connectivity index (χ1n) is 11.1. The molecule has 8 nitrogen and oxygen atoms in total. The maximum absolute atomic E-state index is 13.5. The number of aromatic nitrogens is 3. The molecule has 1 aromatic carbocycles. The van der Waals surface area contributed by atoms with E-state index in [0.29, 0.717) is 22.1 Å². The van der Waals surface area contributed by atoms with E-state index in [0.717, 1.165) is 23.1 Å². The molecule has 1 aliphatic heterocycles. The Kier molecular flexibility index (Phi) is 6.05. The first-order chi connectivity index (χ1) is 15.5. The van der Waals surface area contributed by atoms with Crippen LogP contribution < -0.4 is 10.9 Å². The number of hydrogen-bond acceptors (Lipinski definition) is 7. The number of fused-ring (bicyclic) bond motifs is 1. The van der Waals surface area contributed by atoms with E-state index in [1.807, 2.05) is 31.2 Å². The van der Waals surface area contributed by atoms with Crippen molar-refractivity contribution in [2.24, 2.45) is 4.99 Å². The topological polar surface area (TPSA) is 101 Å². The smallest absolute Gasteiger partial charge is 0.311 e. The number of benzene rings is 1. The summed E-state index contributed by atoms with van der Waals surface area (Å²) >= 11 is 1.41. The van der Waals surface area contributed by atoms with Crippen LogP contribution in [0.25, 0.3) is 15.3 Å². The minimum absolute atomic E-state index is 0.0466. The number of esters is 1. The molecule has 1 fully saturated rings. The van der Waals surface area contributed by atoms with Crippen molar-refractivity contribution in [3.05, 3.63) is 45.9 Å². The highest BCUT2D eigenvalue weighted by Gasteiger charge is 2.37. The summed E-state index contributed by atoms with van der Waals surface area (Å²) in [5.74, 6) is -0.425. The molecule has 0 spiro atoms. The maximum atomic E-state index is 13.5. The van der Waals surface area contributed by atoms with Crippen LogP contribution in [-0.4, -0.2) is 50.7 Å². The molecule has 4 rings (SSSR count). The van der Waals surface area contributed by atoms with E-state index in [4.69, 9.17) is 9.73 Å². The molecular formula is C24H31N5O3S. The van der Waals surface area contributed by atoms with Gasteiger partial charge in [0.05, 0.1) is 41.0 Å². The van der Waals surface area contributed by atoms with Crippen LogP contribution >= 0.6 is 11.3 Å². The second kappa shape index (κ2) is 8.53. The van der Waals surface area contributed by atoms with E-state index in [-0.39, 0.29) is 29.1 Å². The molecule has 0 saturated carbocycles. The van der Waals surface area contributed by atoms with Gasteiger partial charge in [-0.1, -0.05) is 23.5 Å². The zero-order valence-corrected chi connectivity index (χ0v) is 20.8. The molecule has 3 aromatic rings. The highest BCUT2D eigenvalue weighted by Crippen LogP contribution is 2.31. The Balaban J connectivity index is 1.78. The van der Waals surface area contributed by atoms with Crippen LogP contribution in [0.1, 0.15) is 58.7 Å². The Morgan fingerprint density at radius 2 is 1.91 bits per heavy atom. The van der Waals surface area contributed by atoms with Gasteiger partial charge >= 0.3 is 5.97 Å². The molecule has 0 amide bonds. The van der Waals surface area contributed by atoms with Crippen molar-refractivity contribution in [3.8, 4) is 5.13 Å². The summed E-state index contributed by atoms with van der Waals surface area (Å²) < 4.78 is 7.26. The molecule has 0 unspecified atom stereocenters. The second-order valence-corrected chi connectivity index (χ2v) is 11.0. The van der Waals surface area contributed by atoms with Gasteiger partial charge in [0.2, 0.25) is 5.13 Å².